The molecule has 0 spiro atoms. The van der Waals surface area contributed by atoms with Crippen molar-refractivity contribution < 1.29 is 22.7 Å². The molecule has 1 aliphatic heterocycles. The Kier molecular flexibility index (Phi) is 7.99. The molecule has 7 heteroatoms. The molecule has 5 nitrogen and oxygen atoms in total. The number of furan rings is 1. The van der Waals surface area contributed by atoms with E-state index < -0.39 is 0 Å². The largest absolute Gasteiger partial charge is 0.461 e. The molecule has 2 aromatic carbocycles. The highest BCUT2D eigenvalue weighted by molar-refractivity contribution is 5.93. The summed E-state index contributed by atoms with van der Waals surface area (Å²) >= 11 is 0. The zero-order chi connectivity index (χ0) is 23.0. The maximum absolute atomic E-state index is 13.4. The van der Waals surface area contributed by atoms with Crippen molar-refractivity contribution in [1.82, 2.24) is 9.80 Å². The number of halogens is 2. The zero-order valence-electron chi connectivity index (χ0n) is 18.5. The van der Waals surface area contributed by atoms with Crippen LogP contribution in [0.1, 0.15) is 34.2 Å². The highest BCUT2D eigenvalue weighted by atomic mass is 19.1. The Morgan fingerprint density at radius 1 is 0.848 bits per heavy atom. The average Bonchev–Trinajstić information content (AvgIpc) is 3.38. The minimum absolute atomic E-state index is 0.0310. The van der Waals surface area contributed by atoms with Gasteiger partial charge in [0.2, 0.25) is 0 Å². The van der Waals surface area contributed by atoms with Gasteiger partial charge in [-0.15, -0.1) is 0 Å². The Hall–Kier alpha value is -2.87. The van der Waals surface area contributed by atoms with Crippen LogP contribution < -0.4 is 0 Å². The molecular weight excluding hydrogens is 426 g/mol. The van der Waals surface area contributed by atoms with Gasteiger partial charge in [-0.25, -0.2) is 8.78 Å². The predicted molar refractivity (Wildman–Crippen MR) is 121 cm³/mol. The number of ether oxygens (including phenoxy) is 1. The molecule has 0 atom stereocenters. The van der Waals surface area contributed by atoms with Gasteiger partial charge in [-0.1, -0.05) is 24.3 Å². The van der Waals surface area contributed by atoms with E-state index in [1.165, 1.54) is 30.5 Å². The van der Waals surface area contributed by atoms with Crippen LogP contribution in [0.3, 0.4) is 0 Å². The second-order valence-corrected chi connectivity index (χ2v) is 8.19. The molecule has 2 heterocycles. The summed E-state index contributed by atoms with van der Waals surface area (Å²) in [6, 6.07) is 15.9. The topological polar surface area (TPSA) is 45.9 Å². The van der Waals surface area contributed by atoms with Gasteiger partial charge in [-0.05, 0) is 47.5 Å². The number of benzene rings is 2. The zero-order valence-corrected chi connectivity index (χ0v) is 18.5. The summed E-state index contributed by atoms with van der Waals surface area (Å²) in [5.74, 6) is -0.160. The van der Waals surface area contributed by atoms with E-state index in [9.17, 15) is 13.6 Å². The number of hydrogen-bond donors (Lipinski definition) is 0. The number of rotatable bonds is 10. The van der Waals surface area contributed by atoms with E-state index in [1.807, 2.05) is 0 Å². The van der Waals surface area contributed by atoms with Crippen LogP contribution in [0.2, 0.25) is 0 Å². The molecule has 1 aromatic heterocycles. The molecule has 1 saturated heterocycles. The molecule has 0 radical (unpaired) electrons. The highest BCUT2D eigenvalue weighted by Gasteiger charge is 2.20. The number of piperazine rings is 1. The summed E-state index contributed by atoms with van der Waals surface area (Å²) in [4.78, 5) is 16.7. The molecule has 0 bridgehead atoms. The molecule has 1 fully saturated rings. The molecule has 4 rings (SSSR count). The minimum atomic E-state index is -0.389. The van der Waals surface area contributed by atoms with Crippen molar-refractivity contribution in [3.8, 4) is 0 Å². The van der Waals surface area contributed by atoms with Gasteiger partial charge in [0.1, 0.15) is 17.7 Å². The van der Waals surface area contributed by atoms with Gasteiger partial charge >= 0.3 is 0 Å². The van der Waals surface area contributed by atoms with Gasteiger partial charge < -0.3 is 14.1 Å². The van der Waals surface area contributed by atoms with Gasteiger partial charge in [0, 0.05) is 45.7 Å². The van der Waals surface area contributed by atoms with Gasteiger partial charge in [0.05, 0.1) is 12.9 Å². The van der Waals surface area contributed by atoms with Crippen molar-refractivity contribution in [3.63, 3.8) is 0 Å². The number of carbonyl (C=O) groups is 1. The van der Waals surface area contributed by atoms with Crippen molar-refractivity contribution in [2.45, 2.75) is 12.5 Å². The van der Waals surface area contributed by atoms with E-state index in [1.54, 1.807) is 36.4 Å². The molecular formula is C26H28F2N2O3. The van der Waals surface area contributed by atoms with Crippen LogP contribution in [-0.2, 0) is 4.74 Å². The Balaban J connectivity index is 1.24. The third-order valence-electron chi connectivity index (χ3n) is 5.95. The van der Waals surface area contributed by atoms with Crippen LogP contribution in [0.25, 0.3) is 0 Å². The van der Waals surface area contributed by atoms with Gasteiger partial charge in [-0.2, -0.15) is 0 Å². The molecule has 0 saturated carbocycles. The van der Waals surface area contributed by atoms with Crippen molar-refractivity contribution >= 4 is 5.78 Å². The Labute approximate surface area is 192 Å². The van der Waals surface area contributed by atoms with E-state index in [4.69, 9.17) is 9.15 Å². The number of Topliss-reactive ketones (excluding diaryl/α,β-unsaturated/α-hetero) is 1. The second kappa shape index (κ2) is 11.3. The summed E-state index contributed by atoms with van der Waals surface area (Å²) in [7, 11) is 0. The maximum Gasteiger partial charge on any atom is 0.199 e. The summed E-state index contributed by atoms with van der Waals surface area (Å²) in [6.45, 7) is 5.57. The van der Waals surface area contributed by atoms with Crippen LogP contribution in [0.15, 0.2) is 71.3 Å². The lowest BCUT2D eigenvalue weighted by atomic mass is 10.0. The van der Waals surface area contributed by atoms with Gasteiger partial charge in [-0.3, -0.25) is 9.69 Å². The van der Waals surface area contributed by atoms with Crippen molar-refractivity contribution in [2.24, 2.45) is 0 Å². The SMILES string of the molecule is O=C(CCN1CCN(CCOC(c2ccc(F)cc2)c2ccc(F)cc2)CC1)c1ccco1. The lowest BCUT2D eigenvalue weighted by Gasteiger charge is -2.34. The van der Waals surface area contributed by atoms with E-state index >= 15 is 0 Å². The quantitative estimate of drug-likeness (QED) is 0.421. The maximum atomic E-state index is 13.4. The first-order valence-electron chi connectivity index (χ1n) is 11.2. The fourth-order valence-corrected chi connectivity index (χ4v) is 4.02. The Morgan fingerprint density at radius 2 is 1.39 bits per heavy atom. The molecule has 3 aromatic rings. The molecule has 1 aliphatic rings. The van der Waals surface area contributed by atoms with Crippen LogP contribution in [0.5, 0.6) is 0 Å². The molecule has 0 unspecified atom stereocenters. The van der Waals surface area contributed by atoms with Crippen LogP contribution >= 0.6 is 0 Å². The van der Waals surface area contributed by atoms with E-state index in [-0.39, 0.29) is 23.5 Å². The summed E-state index contributed by atoms with van der Waals surface area (Å²) in [5, 5.41) is 0. The molecule has 33 heavy (non-hydrogen) atoms. The first-order chi connectivity index (χ1) is 16.1. The minimum Gasteiger partial charge on any atom is -0.461 e. The summed E-state index contributed by atoms with van der Waals surface area (Å²) < 4.78 is 38.1. The summed E-state index contributed by atoms with van der Waals surface area (Å²) in [5.41, 5.74) is 1.66. The number of nitrogens with zero attached hydrogens (tertiary/aromatic N) is 2. The Morgan fingerprint density at radius 3 is 1.91 bits per heavy atom. The van der Waals surface area contributed by atoms with Gasteiger partial charge in [0.25, 0.3) is 0 Å². The van der Waals surface area contributed by atoms with Crippen LogP contribution in [0.4, 0.5) is 8.78 Å². The van der Waals surface area contributed by atoms with Crippen molar-refractivity contribution in [1.29, 1.82) is 0 Å². The Bertz CT molecular complexity index is 954. The average molecular weight is 455 g/mol. The standard InChI is InChI=1S/C26H28F2N2O3/c27-22-7-3-20(4-8-22)26(21-5-9-23(28)10-6-21)33-19-17-30-15-13-29(14-16-30)12-11-24(31)25-2-1-18-32-25/h1-10,18,26H,11-17,19H2. The lowest BCUT2D eigenvalue weighted by Crippen LogP contribution is -2.47. The molecule has 0 aliphatic carbocycles. The van der Waals surface area contributed by atoms with E-state index in [0.717, 1.165) is 50.4 Å². The molecule has 0 N–H and O–H groups in total. The van der Waals surface area contributed by atoms with Gasteiger partial charge in [0.15, 0.2) is 11.5 Å². The summed E-state index contributed by atoms with van der Waals surface area (Å²) in [6.07, 6.45) is 1.58. The predicted octanol–water partition coefficient (Wildman–Crippen LogP) is 4.55. The third kappa shape index (κ3) is 6.57. The number of hydrogen-bond acceptors (Lipinski definition) is 5. The normalized spacial score (nSPS) is 15.2. The smallest absolute Gasteiger partial charge is 0.199 e. The first kappa shape index (κ1) is 23.3. The number of ketones is 1. The fraction of sp³-hybridized carbons (Fsp3) is 0.346. The molecule has 0 amide bonds. The van der Waals surface area contributed by atoms with E-state index in [0.29, 0.717) is 18.8 Å². The second-order valence-electron chi connectivity index (χ2n) is 8.19. The van der Waals surface area contributed by atoms with Crippen molar-refractivity contribution in [2.75, 3.05) is 45.9 Å². The lowest BCUT2D eigenvalue weighted by molar-refractivity contribution is 0.0449. The van der Waals surface area contributed by atoms with Crippen molar-refractivity contribution in [3.05, 3.63) is 95.4 Å². The number of carbonyl (C=O) groups excluding carboxylic acids is 1. The highest BCUT2D eigenvalue weighted by Crippen LogP contribution is 2.26. The first-order valence-corrected chi connectivity index (χ1v) is 11.2. The van der Waals surface area contributed by atoms with Crippen LogP contribution in [0, 0.1) is 11.6 Å². The third-order valence-corrected chi connectivity index (χ3v) is 5.95. The molecule has 174 valence electrons. The monoisotopic (exact) mass is 454 g/mol. The fourth-order valence-electron chi connectivity index (χ4n) is 4.02. The van der Waals surface area contributed by atoms with Crippen LogP contribution in [-0.4, -0.2) is 61.5 Å². The van der Waals surface area contributed by atoms with E-state index in [2.05, 4.69) is 9.80 Å².